The highest BCUT2D eigenvalue weighted by Crippen LogP contribution is 2.19. The van der Waals surface area contributed by atoms with Gasteiger partial charge in [-0.15, -0.1) is 0 Å². The van der Waals surface area contributed by atoms with Crippen LogP contribution in [-0.2, 0) is 24.3 Å². The zero-order chi connectivity index (χ0) is 16.5. The van der Waals surface area contributed by atoms with Crippen molar-refractivity contribution in [2.24, 2.45) is 0 Å². The Balaban J connectivity index is 1.47. The van der Waals surface area contributed by atoms with E-state index in [1.54, 1.807) is 11.9 Å². The molecule has 24 heavy (non-hydrogen) atoms. The van der Waals surface area contributed by atoms with Crippen molar-refractivity contribution in [1.82, 2.24) is 24.6 Å². The molecule has 4 rings (SSSR count). The van der Waals surface area contributed by atoms with Gasteiger partial charge in [-0.25, -0.2) is 4.98 Å². The summed E-state index contributed by atoms with van der Waals surface area (Å²) >= 11 is 0. The molecule has 0 saturated carbocycles. The minimum absolute atomic E-state index is 0.0811. The molecular formula is C17H19N5O2. The van der Waals surface area contributed by atoms with Gasteiger partial charge >= 0.3 is 0 Å². The standard InChI is InChI=1S/C17H19N5O2/c1-21(7-8-22-11-18-14-4-2-3-5-15(14)22)17(23)16-12-10-24-9-6-13(12)19-20-16/h2-5,11H,6-10H2,1H3,(H,19,20). The number of ether oxygens (including phenoxy) is 1. The molecule has 2 aromatic heterocycles. The summed E-state index contributed by atoms with van der Waals surface area (Å²) in [5.74, 6) is -0.0811. The van der Waals surface area contributed by atoms with E-state index >= 15 is 0 Å². The fourth-order valence-corrected chi connectivity index (χ4v) is 3.02. The third-order valence-electron chi connectivity index (χ3n) is 4.45. The third-order valence-corrected chi connectivity index (χ3v) is 4.45. The maximum absolute atomic E-state index is 12.7. The molecule has 1 aliphatic rings. The van der Waals surface area contributed by atoms with Crippen LogP contribution in [0.2, 0.25) is 0 Å². The van der Waals surface area contributed by atoms with E-state index in [1.807, 2.05) is 30.6 Å². The summed E-state index contributed by atoms with van der Waals surface area (Å²) in [7, 11) is 1.80. The van der Waals surface area contributed by atoms with Crippen molar-refractivity contribution >= 4 is 16.9 Å². The molecule has 0 fully saturated rings. The molecule has 0 radical (unpaired) electrons. The van der Waals surface area contributed by atoms with E-state index in [2.05, 4.69) is 19.7 Å². The number of rotatable bonds is 4. The minimum Gasteiger partial charge on any atom is -0.376 e. The van der Waals surface area contributed by atoms with Crippen molar-refractivity contribution < 1.29 is 9.53 Å². The highest BCUT2D eigenvalue weighted by atomic mass is 16.5. The zero-order valence-corrected chi connectivity index (χ0v) is 13.5. The molecule has 0 spiro atoms. The summed E-state index contributed by atoms with van der Waals surface area (Å²) in [6.45, 7) is 2.40. The van der Waals surface area contributed by atoms with Gasteiger partial charge in [-0.3, -0.25) is 9.89 Å². The van der Waals surface area contributed by atoms with Gasteiger partial charge in [0.05, 0.1) is 30.6 Å². The van der Waals surface area contributed by atoms with Crippen LogP contribution in [0.15, 0.2) is 30.6 Å². The molecule has 0 bridgehead atoms. The minimum atomic E-state index is -0.0811. The molecule has 124 valence electrons. The van der Waals surface area contributed by atoms with Gasteiger partial charge in [0.25, 0.3) is 5.91 Å². The molecule has 1 aliphatic heterocycles. The van der Waals surface area contributed by atoms with Crippen LogP contribution in [0.5, 0.6) is 0 Å². The van der Waals surface area contributed by atoms with Crippen molar-refractivity contribution in [1.29, 1.82) is 0 Å². The highest BCUT2D eigenvalue weighted by molar-refractivity contribution is 5.93. The molecule has 0 aliphatic carbocycles. The lowest BCUT2D eigenvalue weighted by atomic mass is 10.1. The lowest BCUT2D eigenvalue weighted by Gasteiger charge is -2.18. The predicted molar refractivity (Wildman–Crippen MR) is 88.6 cm³/mol. The van der Waals surface area contributed by atoms with Crippen molar-refractivity contribution in [2.45, 2.75) is 19.6 Å². The Morgan fingerprint density at radius 1 is 1.42 bits per heavy atom. The molecule has 1 aromatic carbocycles. The van der Waals surface area contributed by atoms with Crippen LogP contribution in [0.1, 0.15) is 21.7 Å². The van der Waals surface area contributed by atoms with E-state index in [1.165, 1.54) is 0 Å². The number of aromatic amines is 1. The fraction of sp³-hybridized carbons (Fsp3) is 0.353. The molecule has 3 aromatic rings. The van der Waals surface area contributed by atoms with Crippen LogP contribution in [0.3, 0.4) is 0 Å². The maximum atomic E-state index is 12.7. The fourth-order valence-electron chi connectivity index (χ4n) is 3.02. The number of hydrogen-bond donors (Lipinski definition) is 1. The van der Waals surface area contributed by atoms with Gasteiger partial charge < -0.3 is 14.2 Å². The van der Waals surface area contributed by atoms with Crippen molar-refractivity contribution in [3.63, 3.8) is 0 Å². The van der Waals surface area contributed by atoms with Crippen LogP contribution in [-0.4, -0.2) is 50.8 Å². The predicted octanol–water partition coefficient (Wildman–Crippen LogP) is 1.60. The van der Waals surface area contributed by atoms with E-state index in [9.17, 15) is 4.79 Å². The van der Waals surface area contributed by atoms with E-state index < -0.39 is 0 Å². The number of nitrogens with one attached hydrogen (secondary N) is 1. The Bertz CT molecular complexity index is 882. The van der Waals surface area contributed by atoms with E-state index in [0.29, 0.717) is 32.0 Å². The van der Waals surface area contributed by atoms with E-state index in [-0.39, 0.29) is 5.91 Å². The van der Waals surface area contributed by atoms with Crippen LogP contribution in [0.4, 0.5) is 0 Å². The number of imidazole rings is 1. The van der Waals surface area contributed by atoms with Gasteiger partial charge in [0.1, 0.15) is 0 Å². The molecule has 7 nitrogen and oxygen atoms in total. The number of benzene rings is 1. The largest absolute Gasteiger partial charge is 0.376 e. The first-order chi connectivity index (χ1) is 11.7. The smallest absolute Gasteiger partial charge is 0.274 e. The third kappa shape index (κ3) is 2.56. The average Bonchev–Trinajstić information content (AvgIpc) is 3.23. The number of carbonyl (C=O) groups is 1. The average molecular weight is 325 g/mol. The molecular weight excluding hydrogens is 306 g/mol. The number of hydrogen-bond acceptors (Lipinski definition) is 4. The molecule has 1 N–H and O–H groups in total. The Morgan fingerprint density at radius 2 is 2.29 bits per heavy atom. The number of nitrogens with zero attached hydrogens (tertiary/aromatic N) is 4. The Morgan fingerprint density at radius 3 is 3.21 bits per heavy atom. The molecule has 3 heterocycles. The normalized spacial score (nSPS) is 13.9. The number of likely N-dealkylation sites (N-methyl/N-ethyl adjacent to an activating group) is 1. The first kappa shape index (κ1) is 14.9. The topological polar surface area (TPSA) is 76.0 Å². The van der Waals surface area contributed by atoms with Gasteiger partial charge in [0.15, 0.2) is 5.69 Å². The first-order valence-electron chi connectivity index (χ1n) is 8.03. The zero-order valence-electron chi connectivity index (χ0n) is 13.5. The summed E-state index contributed by atoms with van der Waals surface area (Å²) in [5.41, 5.74) is 4.42. The molecule has 7 heteroatoms. The van der Waals surface area contributed by atoms with Gasteiger partial charge in [-0.2, -0.15) is 5.10 Å². The summed E-state index contributed by atoms with van der Waals surface area (Å²) < 4.78 is 7.51. The van der Waals surface area contributed by atoms with Crippen LogP contribution < -0.4 is 0 Å². The number of fused-ring (bicyclic) bond motifs is 2. The van der Waals surface area contributed by atoms with Gasteiger partial charge in [-0.05, 0) is 12.1 Å². The van der Waals surface area contributed by atoms with Crippen LogP contribution in [0.25, 0.3) is 11.0 Å². The SMILES string of the molecule is CN(CCn1cnc2ccccc21)C(=O)c1n[nH]c2c1COCC2. The molecule has 0 unspecified atom stereocenters. The highest BCUT2D eigenvalue weighted by Gasteiger charge is 2.24. The summed E-state index contributed by atoms with van der Waals surface area (Å²) in [4.78, 5) is 18.7. The van der Waals surface area contributed by atoms with E-state index in [4.69, 9.17) is 4.74 Å². The summed E-state index contributed by atoms with van der Waals surface area (Å²) in [6.07, 6.45) is 2.59. The molecule has 0 atom stereocenters. The number of carbonyl (C=O) groups excluding carboxylic acids is 1. The monoisotopic (exact) mass is 325 g/mol. The first-order valence-corrected chi connectivity index (χ1v) is 8.03. The number of para-hydroxylation sites is 2. The lowest BCUT2D eigenvalue weighted by Crippen LogP contribution is -2.31. The van der Waals surface area contributed by atoms with Crippen molar-refractivity contribution in [3.8, 4) is 0 Å². The second-order valence-electron chi connectivity index (χ2n) is 5.99. The Kier molecular flexibility index (Phi) is 3.78. The Hall–Kier alpha value is -2.67. The second kappa shape index (κ2) is 6.09. The quantitative estimate of drug-likeness (QED) is 0.790. The van der Waals surface area contributed by atoms with Gasteiger partial charge in [0, 0.05) is 37.8 Å². The number of H-pyrrole nitrogens is 1. The van der Waals surface area contributed by atoms with Crippen LogP contribution >= 0.6 is 0 Å². The summed E-state index contributed by atoms with van der Waals surface area (Å²) in [5, 5.41) is 7.16. The van der Waals surface area contributed by atoms with Crippen LogP contribution in [0, 0.1) is 0 Å². The summed E-state index contributed by atoms with van der Waals surface area (Å²) in [6, 6.07) is 7.98. The maximum Gasteiger partial charge on any atom is 0.274 e. The number of aromatic nitrogens is 4. The van der Waals surface area contributed by atoms with Gasteiger partial charge in [-0.1, -0.05) is 12.1 Å². The lowest BCUT2D eigenvalue weighted by molar-refractivity contribution is 0.0770. The Labute approximate surface area is 139 Å². The van der Waals surface area contributed by atoms with E-state index in [0.717, 1.165) is 28.7 Å². The molecule has 0 saturated heterocycles. The van der Waals surface area contributed by atoms with Gasteiger partial charge in [0.2, 0.25) is 0 Å². The number of amides is 1. The molecule has 1 amide bonds. The second-order valence-corrected chi connectivity index (χ2v) is 5.99. The van der Waals surface area contributed by atoms with Crippen molar-refractivity contribution in [2.75, 3.05) is 20.2 Å². The van der Waals surface area contributed by atoms with Crippen molar-refractivity contribution in [3.05, 3.63) is 47.5 Å².